The largest absolute Gasteiger partial charge is 0.450 e. The summed E-state index contributed by atoms with van der Waals surface area (Å²) < 4.78 is 7.51. The van der Waals surface area contributed by atoms with Crippen LogP contribution in [0.1, 0.15) is 0 Å². The number of para-hydroxylation sites is 1. The van der Waals surface area contributed by atoms with Gasteiger partial charge in [0.15, 0.2) is 11.4 Å². The standard InChI is InChI=1S/C17H11N7O/c1-2-4-14-13(3-1)15-16(25-14)17(19-9-18-15)21-11-5-7-12(8-6-11)24-10-20-22-23-24/h1-10H,(H,18,19,21). The Morgan fingerprint density at radius 3 is 2.68 bits per heavy atom. The van der Waals surface area contributed by atoms with E-state index in [1.165, 1.54) is 6.33 Å². The van der Waals surface area contributed by atoms with E-state index >= 15 is 0 Å². The Bertz CT molecular complexity index is 1160. The number of nitrogens with one attached hydrogen (secondary N) is 1. The third-order valence-corrected chi connectivity index (χ3v) is 3.90. The third-order valence-electron chi connectivity index (χ3n) is 3.90. The second-order valence-electron chi connectivity index (χ2n) is 5.42. The van der Waals surface area contributed by atoms with Crippen LogP contribution in [0.3, 0.4) is 0 Å². The highest BCUT2D eigenvalue weighted by atomic mass is 16.3. The summed E-state index contributed by atoms with van der Waals surface area (Å²) in [4.78, 5) is 8.67. The molecule has 3 heterocycles. The fraction of sp³-hybridized carbons (Fsp3) is 0. The van der Waals surface area contributed by atoms with Gasteiger partial charge in [0.25, 0.3) is 0 Å². The van der Waals surface area contributed by atoms with E-state index in [4.69, 9.17) is 4.42 Å². The Labute approximate surface area is 141 Å². The van der Waals surface area contributed by atoms with Crippen molar-refractivity contribution in [2.75, 3.05) is 5.32 Å². The Kier molecular flexibility index (Phi) is 2.93. The van der Waals surface area contributed by atoms with Gasteiger partial charge >= 0.3 is 0 Å². The van der Waals surface area contributed by atoms with Crippen LogP contribution >= 0.6 is 0 Å². The van der Waals surface area contributed by atoms with Crippen LogP contribution in [-0.2, 0) is 0 Å². The van der Waals surface area contributed by atoms with Crippen molar-refractivity contribution in [1.82, 2.24) is 30.2 Å². The molecule has 0 saturated heterocycles. The number of aromatic nitrogens is 6. The highest BCUT2D eigenvalue weighted by Crippen LogP contribution is 2.31. The van der Waals surface area contributed by atoms with Crippen molar-refractivity contribution in [2.45, 2.75) is 0 Å². The van der Waals surface area contributed by atoms with Gasteiger partial charge in [-0.25, -0.2) is 14.6 Å². The molecule has 5 aromatic rings. The van der Waals surface area contributed by atoms with Crippen LogP contribution in [0.4, 0.5) is 11.5 Å². The molecule has 0 fully saturated rings. The van der Waals surface area contributed by atoms with Crippen molar-refractivity contribution < 1.29 is 4.42 Å². The van der Waals surface area contributed by atoms with Crippen LogP contribution in [0.15, 0.2) is 65.6 Å². The quantitative estimate of drug-likeness (QED) is 0.543. The molecule has 0 bridgehead atoms. The molecule has 5 rings (SSSR count). The maximum Gasteiger partial charge on any atom is 0.196 e. The first-order valence-corrected chi connectivity index (χ1v) is 7.61. The Hall–Kier alpha value is -3.81. The molecule has 1 N–H and O–H groups in total. The summed E-state index contributed by atoms with van der Waals surface area (Å²) in [5, 5.41) is 15.4. The number of tetrazole rings is 1. The highest BCUT2D eigenvalue weighted by molar-refractivity contribution is 6.05. The molecule has 0 aliphatic rings. The molecular weight excluding hydrogens is 318 g/mol. The molecule has 0 aliphatic carbocycles. The maximum atomic E-state index is 5.92. The highest BCUT2D eigenvalue weighted by Gasteiger charge is 2.12. The third kappa shape index (κ3) is 2.27. The first-order chi connectivity index (χ1) is 12.4. The lowest BCUT2D eigenvalue weighted by atomic mass is 10.2. The topological polar surface area (TPSA) is 94.6 Å². The lowest BCUT2D eigenvalue weighted by Crippen LogP contribution is -1.97. The zero-order chi connectivity index (χ0) is 16.6. The van der Waals surface area contributed by atoms with Crippen LogP contribution in [-0.4, -0.2) is 30.2 Å². The van der Waals surface area contributed by atoms with Gasteiger partial charge in [0.1, 0.15) is 23.8 Å². The summed E-state index contributed by atoms with van der Waals surface area (Å²) in [6.45, 7) is 0. The number of furan rings is 1. The van der Waals surface area contributed by atoms with Crippen molar-refractivity contribution in [1.29, 1.82) is 0 Å². The molecule has 8 nitrogen and oxygen atoms in total. The van der Waals surface area contributed by atoms with E-state index in [2.05, 4.69) is 30.8 Å². The second kappa shape index (κ2) is 5.38. The number of rotatable bonds is 3. The van der Waals surface area contributed by atoms with Crippen LogP contribution < -0.4 is 5.32 Å². The SMILES string of the molecule is c1ccc2c(c1)oc1c(Nc3ccc(-n4cnnn4)cc3)ncnc12. The molecule has 0 spiro atoms. The average molecular weight is 329 g/mol. The molecule has 0 amide bonds. The molecule has 0 radical (unpaired) electrons. The van der Waals surface area contributed by atoms with Gasteiger partial charge < -0.3 is 9.73 Å². The summed E-state index contributed by atoms with van der Waals surface area (Å²) in [7, 11) is 0. The number of hydrogen-bond donors (Lipinski definition) is 1. The molecule has 120 valence electrons. The Morgan fingerprint density at radius 2 is 1.84 bits per heavy atom. The molecule has 25 heavy (non-hydrogen) atoms. The van der Waals surface area contributed by atoms with E-state index in [0.717, 1.165) is 27.9 Å². The minimum Gasteiger partial charge on any atom is -0.450 e. The maximum absolute atomic E-state index is 5.92. The van der Waals surface area contributed by atoms with Gasteiger partial charge in [0.2, 0.25) is 0 Å². The van der Waals surface area contributed by atoms with E-state index in [9.17, 15) is 0 Å². The van der Waals surface area contributed by atoms with Crippen molar-refractivity contribution in [3.05, 3.63) is 61.2 Å². The van der Waals surface area contributed by atoms with Gasteiger partial charge in [-0.05, 0) is 46.8 Å². The molecule has 8 heteroatoms. The van der Waals surface area contributed by atoms with Crippen LogP contribution in [0.2, 0.25) is 0 Å². The van der Waals surface area contributed by atoms with Crippen molar-refractivity contribution in [3.8, 4) is 5.69 Å². The van der Waals surface area contributed by atoms with Crippen LogP contribution in [0, 0.1) is 0 Å². The van der Waals surface area contributed by atoms with Gasteiger partial charge in [-0.3, -0.25) is 0 Å². The fourth-order valence-electron chi connectivity index (χ4n) is 2.73. The van der Waals surface area contributed by atoms with Crippen LogP contribution in [0.25, 0.3) is 27.8 Å². The molecule has 0 aliphatic heterocycles. The minimum atomic E-state index is 0.622. The van der Waals surface area contributed by atoms with E-state index in [-0.39, 0.29) is 0 Å². The Morgan fingerprint density at radius 1 is 0.960 bits per heavy atom. The first-order valence-electron chi connectivity index (χ1n) is 7.61. The summed E-state index contributed by atoms with van der Waals surface area (Å²) in [5.74, 6) is 0.622. The van der Waals surface area contributed by atoms with Gasteiger partial charge in [-0.1, -0.05) is 12.1 Å². The van der Waals surface area contributed by atoms with Crippen molar-refractivity contribution in [2.24, 2.45) is 0 Å². The summed E-state index contributed by atoms with van der Waals surface area (Å²) in [6, 6.07) is 15.5. The molecule has 2 aromatic carbocycles. The van der Waals surface area contributed by atoms with E-state index in [0.29, 0.717) is 11.4 Å². The van der Waals surface area contributed by atoms with Crippen LogP contribution in [0.5, 0.6) is 0 Å². The smallest absolute Gasteiger partial charge is 0.196 e. The molecular formula is C17H11N7O. The van der Waals surface area contributed by atoms with Gasteiger partial charge in [0.05, 0.1) is 5.69 Å². The van der Waals surface area contributed by atoms with E-state index in [1.807, 2.05) is 48.5 Å². The van der Waals surface area contributed by atoms with Crippen molar-refractivity contribution in [3.63, 3.8) is 0 Å². The molecule has 0 unspecified atom stereocenters. The number of fused-ring (bicyclic) bond motifs is 3. The number of nitrogens with zero attached hydrogens (tertiary/aromatic N) is 6. The first kappa shape index (κ1) is 13.6. The van der Waals surface area contributed by atoms with E-state index in [1.54, 1.807) is 11.0 Å². The lowest BCUT2D eigenvalue weighted by molar-refractivity contribution is 0.667. The zero-order valence-corrected chi connectivity index (χ0v) is 12.9. The van der Waals surface area contributed by atoms with Gasteiger partial charge in [-0.2, -0.15) is 0 Å². The normalized spacial score (nSPS) is 11.2. The predicted octanol–water partition coefficient (Wildman–Crippen LogP) is 3.10. The summed E-state index contributed by atoms with van der Waals surface area (Å²) in [6.07, 6.45) is 3.08. The number of hydrogen-bond acceptors (Lipinski definition) is 7. The van der Waals surface area contributed by atoms with Crippen molar-refractivity contribution >= 4 is 33.6 Å². The fourth-order valence-corrected chi connectivity index (χ4v) is 2.73. The minimum absolute atomic E-state index is 0.622. The lowest BCUT2D eigenvalue weighted by Gasteiger charge is -2.06. The van der Waals surface area contributed by atoms with Gasteiger partial charge in [-0.15, -0.1) is 5.10 Å². The molecule has 0 atom stereocenters. The number of anilines is 2. The summed E-state index contributed by atoms with van der Waals surface area (Å²) >= 11 is 0. The van der Waals surface area contributed by atoms with Gasteiger partial charge in [0, 0.05) is 11.1 Å². The Balaban J connectivity index is 1.53. The molecule has 3 aromatic heterocycles. The summed E-state index contributed by atoms with van der Waals surface area (Å²) in [5.41, 5.74) is 3.95. The monoisotopic (exact) mass is 329 g/mol. The number of benzene rings is 2. The second-order valence-corrected chi connectivity index (χ2v) is 5.42. The zero-order valence-electron chi connectivity index (χ0n) is 12.9. The van der Waals surface area contributed by atoms with E-state index < -0.39 is 0 Å². The molecule has 0 saturated carbocycles. The average Bonchev–Trinajstić information content (AvgIpc) is 3.31. The predicted molar refractivity (Wildman–Crippen MR) is 91.7 cm³/mol.